The van der Waals surface area contributed by atoms with Gasteiger partial charge in [0, 0.05) is 6.42 Å². The van der Waals surface area contributed by atoms with Gasteiger partial charge in [0.2, 0.25) is 0 Å². The molecular formula is C21H24N5O2S+. The van der Waals surface area contributed by atoms with Gasteiger partial charge in [-0.15, -0.1) is 16.4 Å². The third-order valence-corrected chi connectivity index (χ3v) is 6.56. The number of ether oxygens (including phenoxy) is 2. The van der Waals surface area contributed by atoms with Gasteiger partial charge in [-0.1, -0.05) is 19.1 Å². The molecule has 1 N–H and O–H groups in total. The lowest BCUT2D eigenvalue weighted by molar-refractivity contribution is -0.915. The molecule has 0 spiro atoms. The summed E-state index contributed by atoms with van der Waals surface area (Å²) < 4.78 is 13.0. The van der Waals surface area contributed by atoms with E-state index < -0.39 is 0 Å². The van der Waals surface area contributed by atoms with Crippen LogP contribution in [0.4, 0.5) is 0 Å². The molecule has 8 heteroatoms. The van der Waals surface area contributed by atoms with E-state index in [1.807, 2.05) is 35.6 Å². The van der Waals surface area contributed by atoms with Crippen molar-refractivity contribution < 1.29 is 14.4 Å². The van der Waals surface area contributed by atoms with Crippen molar-refractivity contribution in [1.29, 1.82) is 0 Å². The number of para-hydroxylation sites is 2. The van der Waals surface area contributed by atoms with E-state index >= 15 is 0 Å². The van der Waals surface area contributed by atoms with E-state index in [-0.39, 0.29) is 6.61 Å². The number of rotatable bonds is 6. The molecule has 5 rings (SSSR count). The van der Waals surface area contributed by atoms with Crippen LogP contribution in [0.25, 0.3) is 15.9 Å². The maximum absolute atomic E-state index is 5.91. The Morgan fingerprint density at radius 2 is 2.10 bits per heavy atom. The van der Waals surface area contributed by atoms with Crippen molar-refractivity contribution in [2.45, 2.75) is 32.9 Å². The lowest BCUT2D eigenvalue weighted by atomic mass is 10.1. The van der Waals surface area contributed by atoms with Crippen molar-refractivity contribution >= 4 is 27.2 Å². The number of benzene rings is 1. The van der Waals surface area contributed by atoms with Crippen LogP contribution in [0.1, 0.15) is 29.6 Å². The van der Waals surface area contributed by atoms with Crippen LogP contribution >= 0.6 is 11.3 Å². The summed E-state index contributed by atoms with van der Waals surface area (Å²) in [5.41, 5.74) is 2.29. The van der Waals surface area contributed by atoms with E-state index in [0.717, 1.165) is 23.4 Å². The van der Waals surface area contributed by atoms with E-state index in [4.69, 9.17) is 14.5 Å². The predicted octanol–water partition coefficient (Wildman–Crippen LogP) is 2.28. The molecule has 1 aliphatic heterocycles. The monoisotopic (exact) mass is 410 g/mol. The van der Waals surface area contributed by atoms with Gasteiger partial charge in [0.15, 0.2) is 23.0 Å². The van der Waals surface area contributed by atoms with Crippen molar-refractivity contribution in [2.75, 3.05) is 20.2 Å². The molecule has 1 aromatic carbocycles. The first-order chi connectivity index (χ1) is 14.3. The fraction of sp³-hybridized carbons (Fsp3) is 0.381. The summed E-state index contributed by atoms with van der Waals surface area (Å²) >= 11 is 1.81. The van der Waals surface area contributed by atoms with Gasteiger partial charge in [0.1, 0.15) is 24.3 Å². The molecule has 29 heavy (non-hydrogen) atoms. The fourth-order valence-corrected chi connectivity index (χ4v) is 5.33. The number of aromatic nitrogens is 4. The number of hydrogen-bond acceptors (Lipinski definition) is 6. The highest BCUT2D eigenvalue weighted by Gasteiger charge is 2.26. The Balaban J connectivity index is 1.46. The third kappa shape index (κ3) is 3.32. The number of hydrogen-bond donors (Lipinski definition) is 1. The maximum Gasteiger partial charge on any atom is 0.189 e. The van der Waals surface area contributed by atoms with Gasteiger partial charge >= 0.3 is 0 Å². The first-order valence-electron chi connectivity index (χ1n) is 10.0. The number of methoxy groups -OCH3 is 1. The molecule has 1 unspecified atom stereocenters. The molecular weight excluding hydrogens is 386 g/mol. The lowest BCUT2D eigenvalue weighted by Gasteiger charge is -2.23. The van der Waals surface area contributed by atoms with E-state index in [9.17, 15) is 0 Å². The molecule has 0 saturated heterocycles. The molecule has 4 aromatic rings. The third-order valence-electron chi connectivity index (χ3n) is 5.42. The molecule has 0 amide bonds. The van der Waals surface area contributed by atoms with Crippen LogP contribution in [-0.4, -0.2) is 39.8 Å². The highest BCUT2D eigenvalue weighted by Crippen LogP contribution is 2.33. The number of nitrogens with zero attached hydrogens (tertiary/aromatic N) is 4. The summed E-state index contributed by atoms with van der Waals surface area (Å²) in [4.78, 5) is 13.6. The summed E-state index contributed by atoms with van der Waals surface area (Å²) in [6.45, 7) is 6.03. The standard InChI is InChI=1S/C21H23N5O2S/c1-3-9-25-10-8-14-17(11-25)29-21-19(14)20-23-18(24-26(20)13-22-21)12-28-16-7-5-4-6-15(16)27-2/h4-7,13H,3,8-12H2,1-2H3/p+1. The van der Waals surface area contributed by atoms with Crippen molar-refractivity contribution in [3.05, 3.63) is 46.9 Å². The summed E-state index contributed by atoms with van der Waals surface area (Å²) in [5, 5.41) is 5.75. The zero-order valence-electron chi connectivity index (χ0n) is 16.6. The minimum Gasteiger partial charge on any atom is -0.493 e. The van der Waals surface area contributed by atoms with Gasteiger partial charge in [-0.25, -0.2) is 14.5 Å². The van der Waals surface area contributed by atoms with Crippen LogP contribution in [0.3, 0.4) is 0 Å². The second kappa shape index (κ2) is 7.61. The van der Waals surface area contributed by atoms with Crippen LogP contribution < -0.4 is 14.4 Å². The SMILES string of the molecule is CCC[NH+]1CCc2c(sc3ncn4nc(COc5ccccc5OC)nc4c23)C1. The van der Waals surface area contributed by atoms with E-state index in [1.165, 1.54) is 35.3 Å². The van der Waals surface area contributed by atoms with Crippen LogP contribution in [0.5, 0.6) is 11.5 Å². The summed E-state index contributed by atoms with van der Waals surface area (Å²) in [6.07, 6.45) is 4.06. The molecule has 7 nitrogen and oxygen atoms in total. The van der Waals surface area contributed by atoms with Crippen molar-refractivity contribution in [3.63, 3.8) is 0 Å². The Morgan fingerprint density at radius 3 is 2.93 bits per heavy atom. The van der Waals surface area contributed by atoms with Gasteiger partial charge in [0.25, 0.3) is 0 Å². The topological polar surface area (TPSA) is 66.0 Å². The Morgan fingerprint density at radius 1 is 1.24 bits per heavy atom. The van der Waals surface area contributed by atoms with Crippen LogP contribution in [-0.2, 0) is 19.6 Å². The Bertz CT molecular complexity index is 1170. The zero-order chi connectivity index (χ0) is 19.8. The van der Waals surface area contributed by atoms with Crippen molar-refractivity contribution in [2.24, 2.45) is 0 Å². The number of fused-ring (bicyclic) bond motifs is 5. The molecule has 1 atom stereocenters. The Hall–Kier alpha value is -2.71. The second-order valence-corrected chi connectivity index (χ2v) is 8.42. The van der Waals surface area contributed by atoms with E-state index in [2.05, 4.69) is 17.0 Å². The first kappa shape index (κ1) is 18.3. The normalized spacial score (nSPS) is 16.3. The molecule has 150 valence electrons. The van der Waals surface area contributed by atoms with Crippen LogP contribution in [0.15, 0.2) is 30.6 Å². The van der Waals surface area contributed by atoms with Crippen molar-refractivity contribution in [3.8, 4) is 11.5 Å². The molecule has 1 aliphatic rings. The molecule has 0 bridgehead atoms. The molecule has 3 aromatic heterocycles. The van der Waals surface area contributed by atoms with Crippen LogP contribution in [0.2, 0.25) is 0 Å². The van der Waals surface area contributed by atoms with Gasteiger partial charge in [-0.2, -0.15) is 0 Å². The number of nitrogens with one attached hydrogen (secondary N) is 1. The molecule has 0 fully saturated rings. The summed E-state index contributed by atoms with van der Waals surface area (Å²) in [5.74, 6) is 2.02. The molecule has 0 radical (unpaired) electrons. The molecule has 0 saturated carbocycles. The van der Waals surface area contributed by atoms with Gasteiger partial charge < -0.3 is 14.4 Å². The van der Waals surface area contributed by atoms with Gasteiger partial charge in [0.05, 0.1) is 30.5 Å². The number of thiophene rings is 1. The summed E-state index contributed by atoms with van der Waals surface area (Å²) in [6, 6.07) is 7.60. The molecule has 4 heterocycles. The average molecular weight is 411 g/mol. The first-order valence-corrected chi connectivity index (χ1v) is 10.8. The Labute approximate surface area is 172 Å². The highest BCUT2D eigenvalue weighted by atomic mass is 32.1. The number of quaternary nitrogens is 1. The lowest BCUT2D eigenvalue weighted by Crippen LogP contribution is -3.11. The molecule has 0 aliphatic carbocycles. The quantitative estimate of drug-likeness (QED) is 0.528. The van der Waals surface area contributed by atoms with Crippen LogP contribution in [0, 0.1) is 0 Å². The van der Waals surface area contributed by atoms with Gasteiger partial charge in [-0.05, 0) is 24.1 Å². The Kier molecular flexibility index (Phi) is 4.81. The minimum absolute atomic E-state index is 0.282. The highest BCUT2D eigenvalue weighted by molar-refractivity contribution is 7.19. The van der Waals surface area contributed by atoms with E-state index in [1.54, 1.807) is 22.9 Å². The van der Waals surface area contributed by atoms with Crippen molar-refractivity contribution in [1.82, 2.24) is 19.6 Å². The fourth-order valence-electron chi connectivity index (χ4n) is 4.08. The second-order valence-electron chi connectivity index (χ2n) is 7.34. The largest absolute Gasteiger partial charge is 0.493 e. The maximum atomic E-state index is 5.91. The predicted molar refractivity (Wildman–Crippen MR) is 112 cm³/mol. The zero-order valence-corrected chi connectivity index (χ0v) is 17.5. The van der Waals surface area contributed by atoms with Gasteiger partial charge in [-0.3, -0.25) is 0 Å². The smallest absolute Gasteiger partial charge is 0.189 e. The minimum atomic E-state index is 0.282. The summed E-state index contributed by atoms with van der Waals surface area (Å²) in [7, 11) is 1.64. The average Bonchev–Trinajstić information content (AvgIpc) is 3.32. The van der Waals surface area contributed by atoms with E-state index in [0.29, 0.717) is 17.3 Å².